The van der Waals surface area contributed by atoms with Crippen LogP contribution in [0.25, 0.3) is 10.4 Å². The van der Waals surface area contributed by atoms with Gasteiger partial charge in [-0.1, -0.05) is 41.9 Å². The van der Waals surface area contributed by atoms with E-state index in [1.54, 1.807) is 0 Å². The lowest BCUT2D eigenvalue weighted by atomic mass is 10.1. The maximum absolute atomic E-state index is 12.6. The van der Waals surface area contributed by atoms with Crippen molar-refractivity contribution in [3.8, 4) is 10.4 Å². The molecular weight excluding hydrogens is 270 g/mol. The molecule has 2 rings (SSSR count). The van der Waals surface area contributed by atoms with Gasteiger partial charge >= 0.3 is 0 Å². The average Bonchev–Trinajstić information content (AvgIpc) is 2.74. The lowest BCUT2D eigenvalue weighted by Crippen LogP contribution is -2.30. The Hall–Kier alpha value is -1.59. The first-order chi connectivity index (χ1) is 9.45. The number of nitrogens with zero attached hydrogens (tertiary/aromatic N) is 1. The second kappa shape index (κ2) is 5.81. The van der Waals surface area contributed by atoms with Crippen molar-refractivity contribution in [2.24, 2.45) is 5.73 Å². The summed E-state index contributed by atoms with van der Waals surface area (Å²) in [5.41, 5.74) is 7.04. The minimum absolute atomic E-state index is 0.0230. The van der Waals surface area contributed by atoms with Gasteiger partial charge in [0, 0.05) is 13.1 Å². The number of rotatable bonds is 4. The number of aromatic nitrogens is 1. The van der Waals surface area contributed by atoms with Crippen LogP contribution in [0.15, 0.2) is 35.1 Å². The van der Waals surface area contributed by atoms with E-state index in [1.165, 1.54) is 11.5 Å². The quantitative estimate of drug-likeness (QED) is 0.910. The molecule has 0 saturated carbocycles. The van der Waals surface area contributed by atoms with Gasteiger partial charge in [-0.05, 0) is 26.3 Å². The van der Waals surface area contributed by atoms with Gasteiger partial charge in [0.1, 0.15) is 5.69 Å². The smallest absolute Gasteiger partial charge is 0.285 e. The Kier molecular flexibility index (Phi) is 4.30. The Balaban J connectivity index is 2.58. The van der Waals surface area contributed by atoms with Crippen molar-refractivity contribution in [1.29, 1.82) is 0 Å². The predicted molar refractivity (Wildman–Crippen MR) is 86.6 cm³/mol. The van der Waals surface area contributed by atoms with Crippen LogP contribution < -0.4 is 16.6 Å². The Bertz CT molecular complexity index is 623. The van der Waals surface area contributed by atoms with E-state index in [4.69, 9.17) is 5.73 Å². The highest BCUT2D eigenvalue weighted by Crippen LogP contribution is 2.32. The lowest BCUT2D eigenvalue weighted by Gasteiger charge is -2.18. The van der Waals surface area contributed by atoms with E-state index >= 15 is 0 Å². The highest BCUT2D eigenvalue weighted by atomic mass is 32.1. The minimum Gasteiger partial charge on any atom is -0.378 e. The molecule has 0 radical (unpaired) electrons. The van der Waals surface area contributed by atoms with Gasteiger partial charge in [-0.2, -0.15) is 0 Å². The summed E-state index contributed by atoms with van der Waals surface area (Å²) in [6, 6.07) is 9.97. The second-order valence-corrected chi connectivity index (χ2v) is 6.60. The fraction of sp³-hybridized carbons (Fsp3) is 0.400. The van der Waals surface area contributed by atoms with Gasteiger partial charge in [0.2, 0.25) is 0 Å². The van der Waals surface area contributed by atoms with Gasteiger partial charge in [-0.25, -0.2) is 0 Å². The van der Waals surface area contributed by atoms with E-state index in [-0.39, 0.29) is 11.1 Å². The van der Waals surface area contributed by atoms with Gasteiger partial charge in [0.05, 0.1) is 10.4 Å². The first-order valence-electron chi connectivity index (χ1n) is 6.71. The van der Waals surface area contributed by atoms with Crippen LogP contribution in [0.5, 0.6) is 0 Å². The maximum Gasteiger partial charge on any atom is 0.285 e. The van der Waals surface area contributed by atoms with Crippen LogP contribution in [0, 0.1) is 0 Å². The van der Waals surface area contributed by atoms with Crippen LogP contribution in [0.3, 0.4) is 0 Å². The van der Waals surface area contributed by atoms with Crippen LogP contribution in [0.4, 0.5) is 5.69 Å². The summed E-state index contributed by atoms with van der Waals surface area (Å²) in [4.78, 5) is 13.6. The molecule has 0 aliphatic heterocycles. The van der Waals surface area contributed by atoms with Crippen LogP contribution in [0.2, 0.25) is 0 Å². The van der Waals surface area contributed by atoms with Gasteiger partial charge in [-0.15, -0.1) is 0 Å². The number of nitrogens with two attached hydrogens (primary N) is 1. The third kappa shape index (κ3) is 2.94. The number of hydrogen-bond donors (Lipinski definition) is 2. The van der Waals surface area contributed by atoms with Crippen LogP contribution in [-0.4, -0.2) is 17.0 Å². The molecule has 20 heavy (non-hydrogen) atoms. The molecule has 1 aromatic carbocycles. The molecule has 3 N–H and O–H groups in total. The molecule has 4 nitrogen and oxygen atoms in total. The molecule has 0 bridgehead atoms. The van der Waals surface area contributed by atoms with Gasteiger partial charge < -0.3 is 11.1 Å². The summed E-state index contributed by atoms with van der Waals surface area (Å²) >= 11 is 1.50. The Morgan fingerprint density at radius 1 is 1.25 bits per heavy atom. The van der Waals surface area contributed by atoms with Crippen molar-refractivity contribution in [3.63, 3.8) is 0 Å². The van der Waals surface area contributed by atoms with Crippen molar-refractivity contribution < 1.29 is 0 Å². The average molecular weight is 291 g/mol. The molecule has 1 heterocycles. The molecule has 0 aliphatic rings. The second-order valence-electron chi connectivity index (χ2n) is 5.65. The first kappa shape index (κ1) is 14.8. The monoisotopic (exact) mass is 291 g/mol. The first-order valence-corrected chi connectivity index (χ1v) is 7.48. The van der Waals surface area contributed by atoms with E-state index in [1.807, 2.05) is 55.1 Å². The fourth-order valence-electron chi connectivity index (χ4n) is 1.96. The summed E-state index contributed by atoms with van der Waals surface area (Å²) in [5.74, 6) is 0. The molecule has 0 unspecified atom stereocenters. The number of anilines is 1. The molecule has 108 valence electrons. The van der Waals surface area contributed by atoms with E-state index in [2.05, 4.69) is 5.32 Å². The Morgan fingerprint density at radius 2 is 1.90 bits per heavy atom. The third-order valence-corrected chi connectivity index (χ3v) is 4.42. The normalized spacial score (nSPS) is 11.6. The van der Waals surface area contributed by atoms with Crippen molar-refractivity contribution in [3.05, 3.63) is 40.7 Å². The van der Waals surface area contributed by atoms with Gasteiger partial charge in [0.25, 0.3) is 5.56 Å². The molecule has 2 aromatic rings. The van der Waals surface area contributed by atoms with Crippen molar-refractivity contribution in [1.82, 2.24) is 3.96 Å². The highest BCUT2D eigenvalue weighted by molar-refractivity contribution is 7.11. The Morgan fingerprint density at radius 3 is 2.45 bits per heavy atom. The number of nitrogens with one attached hydrogen (secondary N) is 1. The van der Waals surface area contributed by atoms with Crippen LogP contribution in [-0.2, 0) is 5.54 Å². The lowest BCUT2D eigenvalue weighted by molar-refractivity contribution is 0.419. The van der Waals surface area contributed by atoms with Gasteiger partial charge in [-0.3, -0.25) is 8.75 Å². The molecule has 0 atom stereocenters. The Labute approximate surface area is 123 Å². The molecule has 0 saturated heterocycles. The molecule has 0 fully saturated rings. The van der Waals surface area contributed by atoms with E-state index in [9.17, 15) is 4.79 Å². The van der Waals surface area contributed by atoms with Gasteiger partial charge in [0.15, 0.2) is 0 Å². The predicted octanol–water partition coefficient (Wildman–Crippen LogP) is 2.70. The zero-order chi connectivity index (χ0) is 14.8. The van der Waals surface area contributed by atoms with E-state index in [0.717, 1.165) is 10.4 Å². The zero-order valence-electron chi connectivity index (χ0n) is 12.1. The highest BCUT2D eigenvalue weighted by Gasteiger charge is 2.23. The SMILES string of the molecule is CC(C)(C)n1sc(-c2ccccc2)c(NCCN)c1=O. The third-order valence-electron chi connectivity index (χ3n) is 2.90. The molecule has 0 amide bonds. The molecule has 0 aliphatic carbocycles. The summed E-state index contributed by atoms with van der Waals surface area (Å²) in [6.45, 7) is 7.19. The van der Waals surface area contributed by atoms with Crippen molar-refractivity contribution >= 4 is 17.2 Å². The number of hydrogen-bond acceptors (Lipinski definition) is 4. The molecule has 5 heteroatoms. The van der Waals surface area contributed by atoms with E-state index in [0.29, 0.717) is 18.8 Å². The van der Waals surface area contributed by atoms with Crippen LogP contribution in [0.1, 0.15) is 20.8 Å². The zero-order valence-corrected chi connectivity index (χ0v) is 13.0. The number of benzene rings is 1. The standard InChI is InChI=1S/C15H21N3OS/c1-15(2,3)18-14(19)12(17-10-9-16)13(20-18)11-7-5-4-6-8-11/h4-8,17H,9-10,16H2,1-3H3. The largest absolute Gasteiger partial charge is 0.378 e. The van der Waals surface area contributed by atoms with Crippen molar-refractivity contribution in [2.75, 3.05) is 18.4 Å². The molecule has 0 spiro atoms. The summed E-state index contributed by atoms with van der Waals surface area (Å²) in [7, 11) is 0. The summed E-state index contributed by atoms with van der Waals surface area (Å²) in [6.07, 6.45) is 0. The fourth-order valence-corrected chi connectivity index (χ4v) is 3.08. The minimum atomic E-state index is -0.228. The van der Waals surface area contributed by atoms with Crippen molar-refractivity contribution in [2.45, 2.75) is 26.3 Å². The molecule has 1 aromatic heterocycles. The summed E-state index contributed by atoms with van der Waals surface area (Å²) in [5, 5.41) is 3.17. The maximum atomic E-state index is 12.6. The topological polar surface area (TPSA) is 60.1 Å². The van der Waals surface area contributed by atoms with Crippen LogP contribution >= 0.6 is 11.5 Å². The molecular formula is C15H21N3OS. The van der Waals surface area contributed by atoms with E-state index < -0.39 is 0 Å². The summed E-state index contributed by atoms with van der Waals surface area (Å²) < 4.78 is 1.81.